The van der Waals surface area contributed by atoms with Gasteiger partial charge in [0.15, 0.2) is 0 Å². The Morgan fingerprint density at radius 2 is 2.56 bits per heavy atom. The number of aryl methyl sites for hydroxylation is 1. The molecule has 3 heterocycles. The van der Waals surface area contributed by atoms with Crippen LogP contribution >= 0.6 is 11.3 Å². The van der Waals surface area contributed by atoms with Gasteiger partial charge in [-0.1, -0.05) is 6.92 Å². The van der Waals surface area contributed by atoms with Gasteiger partial charge in [-0.15, -0.1) is 11.3 Å². The summed E-state index contributed by atoms with van der Waals surface area (Å²) >= 11 is 1.79. The molecule has 0 saturated heterocycles. The molecule has 0 spiro atoms. The highest BCUT2D eigenvalue weighted by molar-refractivity contribution is 7.11. The molecule has 16 heavy (non-hydrogen) atoms. The van der Waals surface area contributed by atoms with Gasteiger partial charge < -0.3 is 9.73 Å². The summed E-state index contributed by atoms with van der Waals surface area (Å²) in [5.41, 5.74) is 1.25. The number of nitrogens with one attached hydrogen (secondary N) is 1. The van der Waals surface area contributed by atoms with E-state index in [0.29, 0.717) is 0 Å². The van der Waals surface area contributed by atoms with Gasteiger partial charge in [0.1, 0.15) is 10.8 Å². The first-order valence-electron chi connectivity index (χ1n) is 5.62. The molecular weight excluding hydrogens is 220 g/mol. The number of thiazole rings is 1. The molecule has 0 radical (unpaired) electrons. The van der Waals surface area contributed by atoms with Crippen molar-refractivity contribution in [2.75, 3.05) is 6.54 Å². The zero-order valence-electron chi connectivity index (χ0n) is 9.19. The molecule has 2 aromatic heterocycles. The van der Waals surface area contributed by atoms with Crippen LogP contribution in [0.2, 0.25) is 0 Å². The molecule has 3 nitrogen and oxygen atoms in total. The van der Waals surface area contributed by atoms with Crippen molar-refractivity contribution in [2.45, 2.75) is 25.8 Å². The van der Waals surface area contributed by atoms with E-state index in [4.69, 9.17) is 4.42 Å². The third-order valence-electron chi connectivity index (χ3n) is 2.96. The second-order valence-corrected chi connectivity index (χ2v) is 5.10. The van der Waals surface area contributed by atoms with Crippen molar-refractivity contribution in [2.24, 2.45) is 0 Å². The van der Waals surface area contributed by atoms with E-state index in [0.717, 1.165) is 30.2 Å². The van der Waals surface area contributed by atoms with E-state index in [2.05, 4.69) is 23.3 Å². The van der Waals surface area contributed by atoms with Gasteiger partial charge in [-0.05, 0) is 12.5 Å². The lowest BCUT2D eigenvalue weighted by Gasteiger charge is -2.21. The monoisotopic (exact) mass is 234 g/mol. The summed E-state index contributed by atoms with van der Waals surface area (Å²) in [5, 5.41) is 4.66. The van der Waals surface area contributed by atoms with Crippen LogP contribution in [0, 0.1) is 0 Å². The highest BCUT2D eigenvalue weighted by Gasteiger charge is 2.25. The number of hydrogen-bond donors (Lipinski definition) is 1. The maximum Gasteiger partial charge on any atom is 0.114 e. The number of aromatic nitrogens is 1. The average Bonchev–Trinajstić information content (AvgIpc) is 2.97. The Morgan fingerprint density at radius 1 is 1.62 bits per heavy atom. The second-order valence-electron chi connectivity index (χ2n) is 3.95. The van der Waals surface area contributed by atoms with Crippen molar-refractivity contribution in [1.29, 1.82) is 0 Å². The summed E-state index contributed by atoms with van der Waals surface area (Å²) in [4.78, 5) is 5.84. The maximum atomic E-state index is 5.48. The van der Waals surface area contributed by atoms with Crippen LogP contribution in [-0.4, -0.2) is 11.5 Å². The molecular formula is C12H14N2OS. The van der Waals surface area contributed by atoms with Gasteiger partial charge >= 0.3 is 0 Å². The van der Waals surface area contributed by atoms with Crippen LogP contribution < -0.4 is 5.32 Å². The normalized spacial score (nSPS) is 19.7. The average molecular weight is 234 g/mol. The highest BCUT2D eigenvalue weighted by atomic mass is 32.1. The Balaban J connectivity index is 1.97. The van der Waals surface area contributed by atoms with Crippen molar-refractivity contribution < 1.29 is 4.42 Å². The van der Waals surface area contributed by atoms with Gasteiger partial charge in [0.05, 0.1) is 12.3 Å². The molecule has 0 aromatic carbocycles. The van der Waals surface area contributed by atoms with E-state index in [1.54, 1.807) is 17.6 Å². The lowest BCUT2D eigenvalue weighted by atomic mass is 10.0. The molecule has 0 fully saturated rings. The minimum Gasteiger partial charge on any atom is -0.469 e. The Kier molecular flexibility index (Phi) is 2.53. The molecule has 0 bridgehead atoms. The fraction of sp³-hybridized carbons (Fsp3) is 0.417. The standard InChI is InChI=1S/C12H14N2OS/c1-2-8-7-14-12(16-8)11-9-4-6-15-10(9)3-5-13-11/h4,6-7,11,13H,2-3,5H2,1H3. The van der Waals surface area contributed by atoms with Crippen molar-refractivity contribution >= 4 is 11.3 Å². The van der Waals surface area contributed by atoms with E-state index >= 15 is 0 Å². The zero-order chi connectivity index (χ0) is 11.0. The summed E-state index contributed by atoms with van der Waals surface area (Å²) in [6, 6.07) is 2.28. The number of hydrogen-bond acceptors (Lipinski definition) is 4. The van der Waals surface area contributed by atoms with Crippen LogP contribution in [0.15, 0.2) is 22.9 Å². The first-order valence-corrected chi connectivity index (χ1v) is 6.44. The van der Waals surface area contributed by atoms with Crippen LogP contribution in [0.4, 0.5) is 0 Å². The molecule has 1 aliphatic rings. The molecule has 1 atom stereocenters. The summed E-state index contributed by atoms with van der Waals surface area (Å²) in [6.45, 7) is 3.13. The smallest absolute Gasteiger partial charge is 0.114 e. The Morgan fingerprint density at radius 3 is 3.38 bits per heavy atom. The fourth-order valence-electron chi connectivity index (χ4n) is 2.09. The number of fused-ring (bicyclic) bond motifs is 1. The summed E-state index contributed by atoms with van der Waals surface area (Å²) in [5.74, 6) is 1.11. The molecule has 0 amide bonds. The summed E-state index contributed by atoms with van der Waals surface area (Å²) in [6.07, 6.45) is 5.79. The van der Waals surface area contributed by atoms with Gasteiger partial charge in [0, 0.05) is 29.6 Å². The lowest BCUT2D eigenvalue weighted by Crippen LogP contribution is -2.29. The van der Waals surface area contributed by atoms with Gasteiger partial charge in [0.2, 0.25) is 0 Å². The van der Waals surface area contributed by atoms with E-state index in [-0.39, 0.29) is 6.04 Å². The molecule has 4 heteroatoms. The molecule has 3 rings (SSSR count). The third kappa shape index (κ3) is 1.58. The van der Waals surface area contributed by atoms with E-state index in [1.165, 1.54) is 10.4 Å². The third-order valence-corrected chi connectivity index (χ3v) is 4.16. The minimum absolute atomic E-state index is 0.229. The number of rotatable bonds is 2. The summed E-state index contributed by atoms with van der Waals surface area (Å²) in [7, 11) is 0. The predicted octanol–water partition coefficient (Wildman–Crippen LogP) is 2.53. The fourth-order valence-corrected chi connectivity index (χ4v) is 3.04. The quantitative estimate of drug-likeness (QED) is 0.867. The molecule has 1 unspecified atom stereocenters. The van der Waals surface area contributed by atoms with Crippen LogP contribution in [-0.2, 0) is 12.8 Å². The molecule has 0 aliphatic carbocycles. The van der Waals surface area contributed by atoms with Gasteiger partial charge in [-0.3, -0.25) is 0 Å². The van der Waals surface area contributed by atoms with Crippen LogP contribution in [0.25, 0.3) is 0 Å². The van der Waals surface area contributed by atoms with E-state index < -0.39 is 0 Å². The van der Waals surface area contributed by atoms with Crippen LogP contribution in [0.1, 0.15) is 34.2 Å². The van der Waals surface area contributed by atoms with Crippen molar-refractivity contribution in [3.8, 4) is 0 Å². The predicted molar refractivity (Wildman–Crippen MR) is 63.7 cm³/mol. The van der Waals surface area contributed by atoms with E-state index in [1.807, 2.05) is 6.20 Å². The minimum atomic E-state index is 0.229. The Labute approximate surface area is 98.5 Å². The van der Waals surface area contributed by atoms with Crippen molar-refractivity contribution in [3.05, 3.63) is 39.7 Å². The van der Waals surface area contributed by atoms with Gasteiger partial charge in [-0.25, -0.2) is 4.98 Å². The van der Waals surface area contributed by atoms with E-state index in [9.17, 15) is 0 Å². The first-order chi connectivity index (χ1) is 7.88. The maximum absolute atomic E-state index is 5.48. The highest BCUT2D eigenvalue weighted by Crippen LogP contribution is 2.31. The number of furan rings is 1. The van der Waals surface area contributed by atoms with Gasteiger partial charge in [0.25, 0.3) is 0 Å². The topological polar surface area (TPSA) is 38.1 Å². The van der Waals surface area contributed by atoms with Crippen molar-refractivity contribution in [1.82, 2.24) is 10.3 Å². The van der Waals surface area contributed by atoms with Gasteiger partial charge in [-0.2, -0.15) is 0 Å². The molecule has 0 saturated carbocycles. The molecule has 2 aromatic rings. The van der Waals surface area contributed by atoms with Crippen LogP contribution in [0.5, 0.6) is 0 Å². The van der Waals surface area contributed by atoms with Crippen LogP contribution in [0.3, 0.4) is 0 Å². The zero-order valence-corrected chi connectivity index (χ0v) is 10.0. The van der Waals surface area contributed by atoms with Crippen molar-refractivity contribution in [3.63, 3.8) is 0 Å². The molecule has 1 N–H and O–H groups in total. The SMILES string of the molecule is CCc1cnc(C2NCCc3occc32)s1. The molecule has 1 aliphatic heterocycles. The Bertz CT molecular complexity index is 489. The largest absolute Gasteiger partial charge is 0.469 e. The second kappa shape index (κ2) is 4.03. The summed E-state index contributed by atoms with van der Waals surface area (Å²) < 4.78 is 5.48. The Hall–Kier alpha value is -1.13. The lowest BCUT2D eigenvalue weighted by molar-refractivity contribution is 0.455. The number of nitrogens with zero attached hydrogens (tertiary/aromatic N) is 1. The molecule has 84 valence electrons. The first kappa shape index (κ1) is 10.1.